The van der Waals surface area contributed by atoms with E-state index in [2.05, 4.69) is 10.3 Å². The number of fused-ring (bicyclic) bond motifs is 1. The van der Waals surface area contributed by atoms with Crippen molar-refractivity contribution in [3.8, 4) is 0 Å². The average Bonchev–Trinajstić information content (AvgIpc) is 3.03. The van der Waals surface area contributed by atoms with E-state index in [-0.39, 0.29) is 42.0 Å². The van der Waals surface area contributed by atoms with Crippen LogP contribution >= 0.6 is 11.8 Å². The van der Waals surface area contributed by atoms with Gasteiger partial charge in [-0.05, 0) is 18.4 Å². The predicted octanol–water partition coefficient (Wildman–Crippen LogP) is -0.258. The second kappa shape index (κ2) is 5.67. The Morgan fingerprint density at radius 2 is 2.45 bits per heavy atom. The van der Waals surface area contributed by atoms with Crippen LogP contribution in [0.15, 0.2) is 16.5 Å². The second-order valence-electron chi connectivity index (χ2n) is 5.27. The average molecular weight is 295 g/mol. The normalized spacial score (nSPS) is 35.6. The van der Waals surface area contributed by atoms with Gasteiger partial charge in [-0.15, -0.1) is 11.8 Å². The third kappa shape index (κ3) is 2.65. The first-order valence-electron chi connectivity index (χ1n) is 6.74. The van der Waals surface area contributed by atoms with E-state index in [1.165, 1.54) is 23.0 Å². The van der Waals surface area contributed by atoms with Gasteiger partial charge in [-0.2, -0.15) is 0 Å². The summed E-state index contributed by atoms with van der Waals surface area (Å²) in [5.74, 6) is -0.371. The molecule has 3 aliphatic heterocycles. The lowest BCUT2D eigenvalue weighted by molar-refractivity contribution is -0.134. The Hall–Kier alpha value is -1.18. The summed E-state index contributed by atoms with van der Waals surface area (Å²) in [6.45, 7) is 0.768. The molecule has 1 saturated heterocycles. The van der Waals surface area contributed by atoms with Crippen LogP contribution in [0.5, 0.6) is 0 Å². The summed E-state index contributed by atoms with van der Waals surface area (Å²) >= 11 is 1.52. The molecule has 6 nitrogen and oxygen atoms in total. The molecule has 7 heteroatoms. The SMILES string of the molecule is O=C(CC1NCCC1O)CN1C=NC2SC=CC2C1=O. The van der Waals surface area contributed by atoms with Crippen LogP contribution in [0.2, 0.25) is 0 Å². The maximum absolute atomic E-state index is 12.2. The molecule has 4 atom stereocenters. The number of Topliss-reactive ketones (excluding diaryl/α,β-unsaturated/α-hetero) is 1. The highest BCUT2D eigenvalue weighted by Gasteiger charge is 2.36. The summed E-state index contributed by atoms with van der Waals surface area (Å²) < 4.78 is 0. The van der Waals surface area contributed by atoms with Crippen molar-refractivity contribution in [3.63, 3.8) is 0 Å². The molecular weight excluding hydrogens is 278 g/mol. The quantitative estimate of drug-likeness (QED) is 0.747. The number of aliphatic hydroxyl groups is 1. The number of carbonyl (C=O) groups is 2. The molecule has 0 aromatic rings. The van der Waals surface area contributed by atoms with E-state index in [1.807, 2.05) is 11.5 Å². The van der Waals surface area contributed by atoms with Crippen molar-refractivity contribution < 1.29 is 14.7 Å². The van der Waals surface area contributed by atoms with Gasteiger partial charge in [-0.25, -0.2) is 0 Å². The van der Waals surface area contributed by atoms with E-state index in [0.717, 1.165) is 6.54 Å². The Labute approximate surface area is 121 Å². The Balaban J connectivity index is 1.57. The topological polar surface area (TPSA) is 82.0 Å². The Kier molecular flexibility index (Phi) is 3.91. The molecule has 1 amide bonds. The first kappa shape index (κ1) is 13.8. The van der Waals surface area contributed by atoms with Gasteiger partial charge in [-0.3, -0.25) is 19.5 Å². The molecule has 2 N–H and O–H groups in total. The summed E-state index contributed by atoms with van der Waals surface area (Å²) in [6.07, 6.45) is 3.77. The fraction of sp³-hybridized carbons (Fsp3) is 0.615. The summed E-state index contributed by atoms with van der Waals surface area (Å²) in [5.41, 5.74) is 0. The molecule has 3 rings (SSSR count). The van der Waals surface area contributed by atoms with E-state index >= 15 is 0 Å². The zero-order chi connectivity index (χ0) is 14.1. The lowest BCUT2D eigenvalue weighted by Crippen LogP contribution is -2.45. The molecule has 0 aromatic heterocycles. The first-order chi connectivity index (χ1) is 9.65. The maximum Gasteiger partial charge on any atom is 0.238 e. The number of aliphatic imine (C=N–C) groups is 1. The number of amides is 1. The molecule has 0 bridgehead atoms. The number of hydrogen-bond donors (Lipinski definition) is 2. The van der Waals surface area contributed by atoms with E-state index in [4.69, 9.17) is 0 Å². The minimum Gasteiger partial charge on any atom is -0.391 e. The fourth-order valence-corrected chi connectivity index (χ4v) is 3.62. The van der Waals surface area contributed by atoms with Gasteiger partial charge >= 0.3 is 0 Å². The van der Waals surface area contributed by atoms with E-state index in [9.17, 15) is 14.7 Å². The van der Waals surface area contributed by atoms with Crippen LogP contribution in [0.4, 0.5) is 0 Å². The molecule has 0 radical (unpaired) electrons. The highest BCUT2D eigenvalue weighted by atomic mass is 32.2. The van der Waals surface area contributed by atoms with Gasteiger partial charge in [0.05, 0.1) is 24.9 Å². The number of aliphatic hydroxyl groups excluding tert-OH is 1. The first-order valence-corrected chi connectivity index (χ1v) is 7.68. The predicted molar refractivity (Wildman–Crippen MR) is 76.3 cm³/mol. The fourth-order valence-electron chi connectivity index (χ4n) is 2.70. The Morgan fingerprint density at radius 1 is 1.60 bits per heavy atom. The van der Waals surface area contributed by atoms with Gasteiger partial charge in [0.2, 0.25) is 5.91 Å². The van der Waals surface area contributed by atoms with Gasteiger partial charge < -0.3 is 10.4 Å². The van der Waals surface area contributed by atoms with Gasteiger partial charge in [-0.1, -0.05) is 6.08 Å². The molecule has 3 aliphatic rings. The molecule has 4 unspecified atom stereocenters. The van der Waals surface area contributed by atoms with Crippen molar-refractivity contribution in [2.24, 2.45) is 10.9 Å². The number of hydrogen-bond acceptors (Lipinski definition) is 6. The molecular formula is C13H17N3O3S. The van der Waals surface area contributed by atoms with Crippen LogP contribution in [0.3, 0.4) is 0 Å². The van der Waals surface area contributed by atoms with Gasteiger partial charge in [0.25, 0.3) is 0 Å². The number of carbonyl (C=O) groups excluding carboxylic acids is 2. The van der Waals surface area contributed by atoms with Crippen molar-refractivity contribution >= 4 is 29.8 Å². The number of nitrogens with zero attached hydrogens (tertiary/aromatic N) is 2. The highest BCUT2D eigenvalue weighted by molar-refractivity contribution is 8.03. The van der Waals surface area contributed by atoms with Crippen molar-refractivity contribution in [2.45, 2.75) is 30.4 Å². The van der Waals surface area contributed by atoms with Crippen molar-refractivity contribution in [1.29, 1.82) is 0 Å². The minimum atomic E-state index is -0.469. The monoisotopic (exact) mass is 295 g/mol. The van der Waals surface area contributed by atoms with Gasteiger partial charge in [0, 0.05) is 12.5 Å². The Morgan fingerprint density at radius 3 is 3.20 bits per heavy atom. The number of nitrogens with one attached hydrogen (secondary N) is 1. The van der Waals surface area contributed by atoms with E-state index in [1.54, 1.807) is 0 Å². The van der Waals surface area contributed by atoms with Gasteiger partial charge in [0.15, 0.2) is 5.78 Å². The van der Waals surface area contributed by atoms with Crippen LogP contribution in [-0.4, -0.2) is 58.6 Å². The van der Waals surface area contributed by atoms with Crippen LogP contribution < -0.4 is 5.32 Å². The standard InChI is InChI=1S/C13H17N3O3S/c17-8(5-10-11(18)1-3-14-10)6-16-7-15-12-9(13(16)19)2-4-20-12/h2,4,7,9-12,14,18H,1,3,5-6H2. The third-order valence-electron chi connectivity index (χ3n) is 3.84. The summed E-state index contributed by atoms with van der Waals surface area (Å²) in [7, 11) is 0. The zero-order valence-corrected chi connectivity index (χ0v) is 11.8. The molecule has 20 heavy (non-hydrogen) atoms. The maximum atomic E-state index is 12.2. The summed E-state index contributed by atoms with van der Waals surface area (Å²) in [5, 5.41) is 14.6. The largest absolute Gasteiger partial charge is 0.391 e. The molecule has 0 aromatic carbocycles. The number of ketones is 1. The molecule has 0 saturated carbocycles. The third-order valence-corrected chi connectivity index (χ3v) is 4.85. The molecule has 108 valence electrons. The van der Waals surface area contributed by atoms with Crippen LogP contribution in [0.25, 0.3) is 0 Å². The Bertz CT molecular complexity index is 479. The molecule has 0 spiro atoms. The van der Waals surface area contributed by atoms with Crippen molar-refractivity contribution in [3.05, 3.63) is 11.5 Å². The summed E-state index contributed by atoms with van der Waals surface area (Å²) in [6, 6.07) is -0.186. The van der Waals surface area contributed by atoms with Crippen LogP contribution in [0.1, 0.15) is 12.8 Å². The molecule has 0 aliphatic carbocycles. The minimum absolute atomic E-state index is 0.0367. The smallest absolute Gasteiger partial charge is 0.238 e. The highest BCUT2D eigenvalue weighted by Crippen LogP contribution is 2.33. The lowest BCUT2D eigenvalue weighted by atomic mass is 10.0. The van der Waals surface area contributed by atoms with Crippen LogP contribution in [-0.2, 0) is 9.59 Å². The number of thioether (sulfide) groups is 1. The van der Waals surface area contributed by atoms with E-state index in [0.29, 0.717) is 6.42 Å². The van der Waals surface area contributed by atoms with Gasteiger partial charge in [0.1, 0.15) is 5.37 Å². The van der Waals surface area contributed by atoms with Crippen molar-refractivity contribution in [1.82, 2.24) is 10.2 Å². The van der Waals surface area contributed by atoms with Crippen LogP contribution in [0, 0.1) is 5.92 Å². The lowest BCUT2D eigenvalue weighted by Gasteiger charge is -2.27. The second-order valence-corrected chi connectivity index (χ2v) is 6.30. The molecule has 3 heterocycles. The van der Waals surface area contributed by atoms with E-state index < -0.39 is 6.10 Å². The van der Waals surface area contributed by atoms with Crippen molar-refractivity contribution in [2.75, 3.05) is 13.1 Å². The zero-order valence-electron chi connectivity index (χ0n) is 10.9. The number of rotatable bonds is 4. The summed E-state index contributed by atoms with van der Waals surface area (Å²) in [4.78, 5) is 29.9. The molecule has 1 fully saturated rings.